The van der Waals surface area contributed by atoms with Crippen molar-refractivity contribution in [2.45, 2.75) is 71.4 Å². The highest BCUT2D eigenvalue weighted by Crippen LogP contribution is 2.08. The Kier molecular flexibility index (Phi) is 9.79. The summed E-state index contributed by atoms with van der Waals surface area (Å²) in [6, 6.07) is 9.66. The molecule has 0 bridgehead atoms. The highest BCUT2D eigenvalue weighted by atomic mass is 16.5. The van der Waals surface area contributed by atoms with E-state index in [1.54, 1.807) is 0 Å². The zero-order valence-electron chi connectivity index (χ0n) is 15.2. The van der Waals surface area contributed by atoms with E-state index < -0.39 is 12.1 Å². The Labute approximate surface area is 146 Å². The molecule has 0 heterocycles. The van der Waals surface area contributed by atoms with Crippen molar-refractivity contribution in [2.24, 2.45) is 0 Å². The van der Waals surface area contributed by atoms with Crippen LogP contribution in [0.1, 0.15) is 57.1 Å². The van der Waals surface area contributed by atoms with Crippen molar-refractivity contribution in [1.82, 2.24) is 5.32 Å². The van der Waals surface area contributed by atoms with Gasteiger partial charge in [0.05, 0.1) is 6.07 Å². The Morgan fingerprint density at radius 2 is 1.92 bits per heavy atom. The third kappa shape index (κ3) is 7.61. The number of nitriles is 1. The Morgan fingerprint density at radius 1 is 1.21 bits per heavy atom. The number of nitrogens with zero attached hydrogens (tertiary/aromatic N) is 1. The maximum atomic E-state index is 12.3. The van der Waals surface area contributed by atoms with Crippen LogP contribution >= 0.6 is 0 Å². The first-order valence-electron chi connectivity index (χ1n) is 8.97. The summed E-state index contributed by atoms with van der Waals surface area (Å²) < 4.78 is 5.69. The lowest BCUT2D eigenvalue weighted by Gasteiger charge is -2.18. The van der Waals surface area contributed by atoms with E-state index in [0.717, 1.165) is 18.4 Å². The van der Waals surface area contributed by atoms with Gasteiger partial charge in [0, 0.05) is 13.0 Å². The molecule has 132 valence electrons. The molecule has 1 aromatic carbocycles. The Morgan fingerprint density at radius 3 is 2.50 bits per heavy atom. The summed E-state index contributed by atoms with van der Waals surface area (Å²) in [4.78, 5) is 12.3. The van der Waals surface area contributed by atoms with E-state index in [0.29, 0.717) is 19.4 Å². The molecule has 0 saturated carbocycles. The molecular formula is C20H30N2O2. The average Bonchev–Trinajstić information content (AvgIpc) is 2.59. The summed E-state index contributed by atoms with van der Waals surface area (Å²) in [5.74, 6) is -0.188. The molecule has 0 aromatic heterocycles. The number of hydrogen-bond acceptors (Lipinski definition) is 3. The van der Waals surface area contributed by atoms with Crippen LogP contribution in [-0.4, -0.2) is 24.7 Å². The van der Waals surface area contributed by atoms with Crippen LogP contribution in [0.15, 0.2) is 24.3 Å². The molecule has 1 N–H and O–H groups in total. The lowest BCUT2D eigenvalue weighted by molar-refractivity contribution is -0.133. The fourth-order valence-electron chi connectivity index (χ4n) is 2.49. The topological polar surface area (TPSA) is 62.1 Å². The van der Waals surface area contributed by atoms with E-state index in [2.05, 4.69) is 18.3 Å². The standard InChI is InChI=1S/C20H30N2O2/c1-4-6-7-8-13-24-19(5-2)20(23)22-18(15-21)14-17-11-9-16(3)10-12-17/h9-12,18-19H,4-8,13-14H2,1-3H3,(H,22,23). The van der Waals surface area contributed by atoms with Gasteiger partial charge in [-0.3, -0.25) is 4.79 Å². The van der Waals surface area contributed by atoms with Gasteiger partial charge in [-0.1, -0.05) is 62.9 Å². The predicted octanol–water partition coefficient (Wildman–Crippen LogP) is 3.92. The number of carbonyl (C=O) groups is 1. The van der Waals surface area contributed by atoms with Gasteiger partial charge in [-0.15, -0.1) is 0 Å². The molecule has 2 unspecified atom stereocenters. The van der Waals surface area contributed by atoms with Crippen LogP contribution < -0.4 is 5.32 Å². The normalized spacial score (nSPS) is 13.1. The first kappa shape index (κ1) is 20.2. The lowest BCUT2D eigenvalue weighted by atomic mass is 10.0. The van der Waals surface area contributed by atoms with Crippen molar-refractivity contribution < 1.29 is 9.53 Å². The Balaban J connectivity index is 2.45. The molecule has 1 rings (SSSR count). The average molecular weight is 330 g/mol. The van der Waals surface area contributed by atoms with Gasteiger partial charge >= 0.3 is 0 Å². The summed E-state index contributed by atoms with van der Waals surface area (Å²) in [7, 11) is 0. The monoisotopic (exact) mass is 330 g/mol. The minimum absolute atomic E-state index is 0.188. The highest BCUT2D eigenvalue weighted by molar-refractivity contribution is 5.81. The molecule has 0 aliphatic rings. The number of amides is 1. The smallest absolute Gasteiger partial charge is 0.250 e. The number of ether oxygens (including phenoxy) is 1. The van der Waals surface area contributed by atoms with E-state index in [4.69, 9.17) is 4.74 Å². The quantitative estimate of drug-likeness (QED) is 0.626. The van der Waals surface area contributed by atoms with Crippen molar-refractivity contribution in [3.63, 3.8) is 0 Å². The predicted molar refractivity (Wildman–Crippen MR) is 96.6 cm³/mol. The molecule has 2 atom stereocenters. The van der Waals surface area contributed by atoms with E-state index >= 15 is 0 Å². The number of hydrogen-bond donors (Lipinski definition) is 1. The maximum absolute atomic E-state index is 12.3. The van der Waals surface area contributed by atoms with Gasteiger partial charge in [0.25, 0.3) is 0 Å². The first-order valence-corrected chi connectivity index (χ1v) is 8.97. The van der Waals surface area contributed by atoms with Gasteiger partial charge in [-0.2, -0.15) is 5.26 Å². The zero-order valence-corrected chi connectivity index (χ0v) is 15.2. The van der Waals surface area contributed by atoms with Crippen molar-refractivity contribution in [3.05, 3.63) is 35.4 Å². The van der Waals surface area contributed by atoms with Gasteiger partial charge in [0.2, 0.25) is 5.91 Å². The molecular weight excluding hydrogens is 300 g/mol. The number of carbonyl (C=O) groups excluding carboxylic acids is 1. The van der Waals surface area contributed by atoms with E-state index in [9.17, 15) is 10.1 Å². The number of rotatable bonds is 11. The van der Waals surface area contributed by atoms with Gasteiger partial charge in [0.1, 0.15) is 12.1 Å². The summed E-state index contributed by atoms with van der Waals surface area (Å²) in [5, 5.41) is 12.1. The van der Waals surface area contributed by atoms with Crippen LogP contribution in [-0.2, 0) is 16.0 Å². The molecule has 4 nitrogen and oxygen atoms in total. The molecule has 1 aromatic rings. The van der Waals surface area contributed by atoms with Crippen molar-refractivity contribution >= 4 is 5.91 Å². The third-order valence-corrected chi connectivity index (χ3v) is 4.01. The minimum atomic E-state index is -0.530. The largest absolute Gasteiger partial charge is 0.368 e. The fraction of sp³-hybridized carbons (Fsp3) is 0.600. The summed E-state index contributed by atoms with van der Waals surface area (Å²) in [6.45, 7) is 6.72. The third-order valence-electron chi connectivity index (χ3n) is 4.01. The molecule has 0 radical (unpaired) electrons. The van der Waals surface area contributed by atoms with Crippen LogP contribution in [0.25, 0.3) is 0 Å². The molecule has 24 heavy (non-hydrogen) atoms. The van der Waals surface area contributed by atoms with Crippen molar-refractivity contribution in [1.29, 1.82) is 5.26 Å². The number of nitrogens with one attached hydrogen (secondary N) is 1. The van der Waals surface area contributed by atoms with Gasteiger partial charge < -0.3 is 10.1 Å². The SMILES string of the molecule is CCCCCCOC(CC)C(=O)NC(C#N)Cc1ccc(C)cc1. The van der Waals surface area contributed by atoms with Gasteiger partial charge in [-0.05, 0) is 25.3 Å². The number of benzene rings is 1. The van der Waals surface area contributed by atoms with Gasteiger partial charge in [0.15, 0.2) is 0 Å². The highest BCUT2D eigenvalue weighted by Gasteiger charge is 2.20. The van der Waals surface area contributed by atoms with Crippen molar-refractivity contribution in [2.75, 3.05) is 6.61 Å². The van der Waals surface area contributed by atoms with Crippen molar-refractivity contribution in [3.8, 4) is 6.07 Å². The fourth-order valence-corrected chi connectivity index (χ4v) is 2.49. The lowest BCUT2D eigenvalue weighted by Crippen LogP contribution is -2.42. The molecule has 0 spiro atoms. The van der Waals surface area contributed by atoms with Crippen LogP contribution in [0.3, 0.4) is 0 Å². The van der Waals surface area contributed by atoms with Crippen LogP contribution in [0.5, 0.6) is 0 Å². The first-order chi connectivity index (χ1) is 11.6. The molecule has 0 saturated heterocycles. The molecule has 0 aliphatic heterocycles. The Bertz CT molecular complexity index is 519. The minimum Gasteiger partial charge on any atom is -0.368 e. The second-order valence-electron chi connectivity index (χ2n) is 6.21. The van der Waals surface area contributed by atoms with E-state index in [-0.39, 0.29) is 5.91 Å². The van der Waals surface area contributed by atoms with E-state index in [1.807, 2.05) is 38.1 Å². The second-order valence-corrected chi connectivity index (χ2v) is 6.21. The molecule has 4 heteroatoms. The van der Waals surface area contributed by atoms with Crippen LogP contribution in [0, 0.1) is 18.3 Å². The number of aryl methyl sites for hydroxylation is 1. The zero-order chi connectivity index (χ0) is 17.8. The summed E-state index contributed by atoms with van der Waals surface area (Å²) >= 11 is 0. The van der Waals surface area contributed by atoms with E-state index in [1.165, 1.54) is 18.4 Å². The van der Waals surface area contributed by atoms with Crippen LogP contribution in [0.2, 0.25) is 0 Å². The molecule has 0 fully saturated rings. The second kappa shape index (κ2) is 11.6. The van der Waals surface area contributed by atoms with Gasteiger partial charge in [-0.25, -0.2) is 0 Å². The maximum Gasteiger partial charge on any atom is 0.250 e. The molecule has 1 amide bonds. The summed E-state index contributed by atoms with van der Waals surface area (Å²) in [6.07, 6.45) is 5.13. The Hall–Kier alpha value is -1.86. The number of unbranched alkanes of at least 4 members (excludes halogenated alkanes) is 3. The molecule has 0 aliphatic carbocycles. The van der Waals surface area contributed by atoms with Crippen LogP contribution in [0.4, 0.5) is 0 Å². The summed E-state index contributed by atoms with van der Waals surface area (Å²) in [5.41, 5.74) is 2.22.